The molecule has 0 heterocycles. The Hall–Kier alpha value is -0.320. The Bertz CT molecular complexity index is 283. The van der Waals surface area contributed by atoms with Crippen LogP contribution in [0, 0.1) is 5.41 Å². The van der Waals surface area contributed by atoms with Gasteiger partial charge in [0.1, 0.15) is 0 Å². The molecule has 26 heavy (non-hydrogen) atoms. The minimum absolute atomic E-state index is 0.0313. The molecule has 0 spiro atoms. The highest BCUT2D eigenvalue weighted by atomic mass is 16.6. The maximum absolute atomic E-state index is 9.80. The van der Waals surface area contributed by atoms with E-state index in [0.717, 1.165) is 0 Å². The Labute approximate surface area is 157 Å². The second-order valence-corrected chi connectivity index (χ2v) is 6.74. The van der Waals surface area contributed by atoms with Crippen LogP contribution >= 0.6 is 0 Å². The van der Waals surface area contributed by atoms with Crippen molar-refractivity contribution in [2.75, 3.05) is 85.9 Å². The van der Waals surface area contributed by atoms with Crippen molar-refractivity contribution in [1.82, 2.24) is 0 Å². The largest absolute Gasteiger partial charge is 0.394 e. The average Bonchev–Trinajstić information content (AvgIpc) is 2.59. The lowest BCUT2D eigenvalue weighted by molar-refractivity contribution is -0.0433. The van der Waals surface area contributed by atoms with Crippen LogP contribution in [-0.2, 0) is 28.4 Å². The Kier molecular flexibility index (Phi) is 17.8. The molecule has 1 atom stereocenters. The van der Waals surface area contributed by atoms with Crippen molar-refractivity contribution in [3.8, 4) is 0 Å². The molecule has 0 aliphatic carbocycles. The van der Waals surface area contributed by atoms with Crippen molar-refractivity contribution in [2.45, 2.75) is 26.9 Å². The fraction of sp³-hybridized carbons (Fsp3) is 1.00. The Morgan fingerprint density at radius 1 is 0.577 bits per heavy atom. The summed E-state index contributed by atoms with van der Waals surface area (Å²) < 4.78 is 31.8. The summed E-state index contributed by atoms with van der Waals surface area (Å²) in [7, 11) is 0. The molecule has 2 N–H and O–H groups in total. The van der Waals surface area contributed by atoms with Gasteiger partial charge in [0.05, 0.1) is 92.0 Å². The van der Waals surface area contributed by atoms with Crippen LogP contribution in [0.5, 0.6) is 0 Å². The van der Waals surface area contributed by atoms with E-state index in [-0.39, 0.29) is 12.0 Å². The first kappa shape index (κ1) is 25.7. The molecule has 0 bridgehead atoms. The van der Waals surface area contributed by atoms with Gasteiger partial charge < -0.3 is 38.6 Å². The summed E-state index contributed by atoms with van der Waals surface area (Å²) in [5, 5.41) is 18.3. The fourth-order valence-corrected chi connectivity index (χ4v) is 1.61. The zero-order chi connectivity index (χ0) is 19.5. The Morgan fingerprint density at radius 2 is 0.885 bits per heavy atom. The van der Waals surface area contributed by atoms with Crippen LogP contribution < -0.4 is 0 Å². The van der Waals surface area contributed by atoms with Crippen molar-refractivity contribution in [3.05, 3.63) is 0 Å². The molecule has 158 valence electrons. The molecule has 0 radical (unpaired) electrons. The van der Waals surface area contributed by atoms with Crippen molar-refractivity contribution in [2.24, 2.45) is 5.41 Å². The normalized spacial score (nSPS) is 13.3. The SMILES string of the molecule is CC(C)(C)C(O)COCCOCCOCCOCCOCCOCCO. The van der Waals surface area contributed by atoms with Gasteiger partial charge in [-0.2, -0.15) is 0 Å². The summed E-state index contributed by atoms with van der Waals surface area (Å²) in [6, 6.07) is 0. The number of hydrogen-bond acceptors (Lipinski definition) is 8. The van der Waals surface area contributed by atoms with E-state index in [2.05, 4.69) is 0 Å². The standard InChI is InChI=1S/C18H38O8/c1-18(2,3)17(20)16-26-15-14-25-13-12-24-11-10-23-9-8-22-7-6-21-5-4-19/h17,19-20H,4-16H2,1-3H3. The molecular weight excluding hydrogens is 344 g/mol. The lowest BCUT2D eigenvalue weighted by Gasteiger charge is -2.25. The zero-order valence-corrected chi connectivity index (χ0v) is 16.6. The van der Waals surface area contributed by atoms with Crippen LogP contribution in [0.4, 0.5) is 0 Å². The molecule has 0 aromatic rings. The molecule has 0 saturated heterocycles. The lowest BCUT2D eigenvalue weighted by atomic mass is 9.90. The monoisotopic (exact) mass is 382 g/mol. The summed E-state index contributed by atoms with van der Waals surface area (Å²) >= 11 is 0. The molecule has 1 unspecified atom stereocenters. The molecule has 0 rings (SSSR count). The topological polar surface area (TPSA) is 95.8 Å². The number of aliphatic hydroxyl groups excluding tert-OH is 2. The third-order valence-corrected chi connectivity index (χ3v) is 3.37. The molecule has 0 aliphatic rings. The Balaban J connectivity index is 3.09. The molecule has 0 aliphatic heterocycles. The van der Waals surface area contributed by atoms with E-state index in [1.165, 1.54) is 0 Å². The minimum atomic E-state index is -0.476. The van der Waals surface area contributed by atoms with Crippen LogP contribution in [0.1, 0.15) is 20.8 Å². The van der Waals surface area contributed by atoms with E-state index < -0.39 is 6.10 Å². The number of aliphatic hydroxyl groups is 2. The number of rotatable bonds is 19. The van der Waals surface area contributed by atoms with E-state index in [9.17, 15) is 5.11 Å². The van der Waals surface area contributed by atoms with Gasteiger partial charge in [-0.1, -0.05) is 20.8 Å². The minimum Gasteiger partial charge on any atom is -0.394 e. The van der Waals surface area contributed by atoms with Crippen molar-refractivity contribution in [1.29, 1.82) is 0 Å². The maximum atomic E-state index is 9.80. The van der Waals surface area contributed by atoms with Gasteiger partial charge in [0, 0.05) is 0 Å². The van der Waals surface area contributed by atoms with E-state index in [0.29, 0.717) is 79.3 Å². The molecule has 8 heteroatoms. The highest BCUT2D eigenvalue weighted by Gasteiger charge is 2.21. The van der Waals surface area contributed by atoms with Gasteiger partial charge in [-0.25, -0.2) is 0 Å². The summed E-state index contributed by atoms with van der Waals surface area (Å²) in [6.45, 7) is 11.6. The van der Waals surface area contributed by atoms with Gasteiger partial charge in [-0.3, -0.25) is 0 Å². The van der Waals surface area contributed by atoms with Gasteiger partial charge in [0.2, 0.25) is 0 Å². The summed E-state index contributed by atoms with van der Waals surface area (Å²) in [4.78, 5) is 0. The predicted octanol–water partition coefficient (Wildman–Crippen LogP) is 0.485. The Morgan fingerprint density at radius 3 is 1.19 bits per heavy atom. The molecular formula is C18H38O8. The second kappa shape index (κ2) is 18.1. The summed E-state index contributed by atoms with van der Waals surface area (Å²) in [5.74, 6) is 0. The molecule has 8 nitrogen and oxygen atoms in total. The zero-order valence-electron chi connectivity index (χ0n) is 16.6. The van der Waals surface area contributed by atoms with Crippen LogP contribution in [0.3, 0.4) is 0 Å². The van der Waals surface area contributed by atoms with Crippen LogP contribution in [-0.4, -0.2) is 102 Å². The first-order chi connectivity index (χ1) is 12.5. The predicted molar refractivity (Wildman–Crippen MR) is 97.5 cm³/mol. The van der Waals surface area contributed by atoms with E-state index in [4.69, 9.17) is 33.5 Å². The van der Waals surface area contributed by atoms with Gasteiger partial charge in [0.25, 0.3) is 0 Å². The maximum Gasteiger partial charge on any atom is 0.0821 e. The highest BCUT2D eigenvalue weighted by Crippen LogP contribution is 2.18. The van der Waals surface area contributed by atoms with E-state index in [1.54, 1.807) is 0 Å². The first-order valence-electron chi connectivity index (χ1n) is 9.24. The second-order valence-electron chi connectivity index (χ2n) is 6.74. The number of ether oxygens (including phenoxy) is 6. The van der Waals surface area contributed by atoms with Gasteiger partial charge in [0.15, 0.2) is 0 Å². The van der Waals surface area contributed by atoms with Crippen molar-refractivity contribution in [3.63, 3.8) is 0 Å². The van der Waals surface area contributed by atoms with Gasteiger partial charge in [-0.05, 0) is 5.41 Å². The summed E-state index contributed by atoms with van der Waals surface area (Å²) in [6.07, 6.45) is -0.476. The van der Waals surface area contributed by atoms with Crippen LogP contribution in [0.15, 0.2) is 0 Å². The summed E-state index contributed by atoms with van der Waals surface area (Å²) in [5.41, 5.74) is -0.169. The highest BCUT2D eigenvalue weighted by molar-refractivity contribution is 4.71. The molecule has 0 aromatic carbocycles. The van der Waals surface area contributed by atoms with Gasteiger partial charge >= 0.3 is 0 Å². The lowest BCUT2D eigenvalue weighted by Crippen LogP contribution is -2.31. The van der Waals surface area contributed by atoms with Crippen LogP contribution in [0.2, 0.25) is 0 Å². The van der Waals surface area contributed by atoms with Crippen molar-refractivity contribution < 1.29 is 38.6 Å². The van der Waals surface area contributed by atoms with Crippen molar-refractivity contribution >= 4 is 0 Å². The molecule has 0 aromatic heterocycles. The molecule has 0 fully saturated rings. The van der Waals surface area contributed by atoms with Gasteiger partial charge in [-0.15, -0.1) is 0 Å². The van der Waals surface area contributed by atoms with E-state index in [1.807, 2.05) is 20.8 Å². The number of hydrogen-bond donors (Lipinski definition) is 2. The molecule has 0 saturated carbocycles. The third-order valence-electron chi connectivity index (χ3n) is 3.37. The first-order valence-corrected chi connectivity index (χ1v) is 9.24. The smallest absolute Gasteiger partial charge is 0.0821 e. The molecule has 0 amide bonds. The third kappa shape index (κ3) is 18.5. The van der Waals surface area contributed by atoms with Crippen LogP contribution in [0.25, 0.3) is 0 Å². The quantitative estimate of drug-likeness (QED) is 0.312. The fourth-order valence-electron chi connectivity index (χ4n) is 1.61. The average molecular weight is 382 g/mol. The van der Waals surface area contributed by atoms with E-state index >= 15 is 0 Å².